The topological polar surface area (TPSA) is 111 Å². The molecule has 0 unspecified atom stereocenters. The van der Waals surface area contributed by atoms with Gasteiger partial charge >= 0.3 is 5.97 Å². The molecule has 0 fully saturated rings. The second-order valence-corrected chi connectivity index (χ2v) is 3.71. The first kappa shape index (κ1) is 11.8. The van der Waals surface area contributed by atoms with Crippen LogP contribution in [0.3, 0.4) is 0 Å². The van der Waals surface area contributed by atoms with E-state index in [2.05, 4.69) is 5.16 Å². The summed E-state index contributed by atoms with van der Waals surface area (Å²) in [6, 6.07) is 2.64. The molecule has 0 aliphatic rings. The van der Waals surface area contributed by atoms with E-state index in [-0.39, 0.29) is 17.9 Å². The van der Waals surface area contributed by atoms with Crippen molar-refractivity contribution in [3.63, 3.8) is 0 Å². The van der Waals surface area contributed by atoms with Crippen LogP contribution in [0.25, 0.3) is 0 Å². The summed E-state index contributed by atoms with van der Waals surface area (Å²) in [6.45, 7) is 1.81. The first-order valence-electron chi connectivity index (χ1n) is 4.97. The second-order valence-electron chi connectivity index (χ2n) is 3.71. The van der Waals surface area contributed by atoms with E-state index in [1.807, 2.05) is 0 Å². The molecule has 94 valence electrons. The predicted molar refractivity (Wildman–Crippen MR) is 58.4 cm³/mol. The Balaban J connectivity index is 2.36. The Labute approximate surface area is 101 Å². The second kappa shape index (κ2) is 4.32. The van der Waals surface area contributed by atoms with Gasteiger partial charge in [-0.3, -0.25) is 10.1 Å². The molecule has 1 N–H and O–H groups in total. The van der Waals surface area contributed by atoms with Crippen LogP contribution in [0, 0.1) is 17.0 Å². The lowest BCUT2D eigenvalue weighted by Crippen LogP contribution is -2.07. The van der Waals surface area contributed by atoms with Gasteiger partial charge in [0, 0.05) is 12.1 Å². The minimum atomic E-state index is -1.24. The van der Waals surface area contributed by atoms with Crippen LogP contribution in [0.2, 0.25) is 0 Å². The molecule has 0 saturated carbocycles. The molecule has 0 aliphatic carbocycles. The summed E-state index contributed by atoms with van der Waals surface area (Å²) in [5.74, 6) is -0.806. The average Bonchev–Trinajstić information content (AvgIpc) is 2.85. The average molecular weight is 251 g/mol. The van der Waals surface area contributed by atoms with Gasteiger partial charge in [-0.15, -0.1) is 0 Å². The van der Waals surface area contributed by atoms with Crippen molar-refractivity contribution in [3.8, 4) is 0 Å². The third kappa shape index (κ3) is 2.21. The molecule has 0 spiro atoms. The number of hydrogen-bond donors (Lipinski definition) is 1. The van der Waals surface area contributed by atoms with E-state index < -0.39 is 10.9 Å². The van der Waals surface area contributed by atoms with Gasteiger partial charge in [0.25, 0.3) is 5.69 Å². The van der Waals surface area contributed by atoms with Crippen molar-refractivity contribution in [2.75, 3.05) is 0 Å². The van der Waals surface area contributed by atoms with Crippen molar-refractivity contribution in [3.05, 3.63) is 45.6 Å². The van der Waals surface area contributed by atoms with Crippen LogP contribution in [0.15, 0.2) is 22.9 Å². The zero-order chi connectivity index (χ0) is 13.3. The van der Waals surface area contributed by atoms with Gasteiger partial charge in [-0.25, -0.2) is 4.79 Å². The van der Waals surface area contributed by atoms with E-state index in [9.17, 15) is 14.9 Å². The number of nitrogens with zero attached hydrogens (tertiary/aromatic N) is 3. The predicted octanol–water partition coefficient (Wildman–Crippen LogP) is 1.44. The van der Waals surface area contributed by atoms with Crippen LogP contribution < -0.4 is 0 Å². The molecule has 8 nitrogen and oxygen atoms in total. The molecular formula is C10H9N3O5. The number of aromatic carboxylic acids is 1. The summed E-state index contributed by atoms with van der Waals surface area (Å²) in [5, 5.41) is 23.2. The van der Waals surface area contributed by atoms with Crippen LogP contribution in [-0.4, -0.2) is 25.7 Å². The number of rotatable bonds is 4. The monoisotopic (exact) mass is 251 g/mol. The van der Waals surface area contributed by atoms with Crippen molar-refractivity contribution in [2.45, 2.75) is 13.5 Å². The number of carboxylic acids is 1. The number of hydrogen-bond acceptors (Lipinski definition) is 5. The third-order valence-electron chi connectivity index (χ3n) is 2.32. The van der Waals surface area contributed by atoms with Gasteiger partial charge in [0.1, 0.15) is 5.69 Å². The molecule has 0 atom stereocenters. The molecule has 0 amide bonds. The number of carboxylic acid groups (broad SMARTS) is 1. The summed E-state index contributed by atoms with van der Waals surface area (Å²) in [7, 11) is 0. The minimum absolute atomic E-state index is 0.0797. The molecule has 18 heavy (non-hydrogen) atoms. The van der Waals surface area contributed by atoms with E-state index >= 15 is 0 Å². The lowest BCUT2D eigenvalue weighted by molar-refractivity contribution is -0.384. The SMILES string of the molecule is Cc1cc(Cn2cc([N+](=O)[O-])cc2C(=O)O)on1. The van der Waals surface area contributed by atoms with E-state index in [4.69, 9.17) is 9.63 Å². The van der Waals surface area contributed by atoms with Crippen LogP contribution >= 0.6 is 0 Å². The molecule has 0 radical (unpaired) electrons. The first-order valence-corrected chi connectivity index (χ1v) is 4.97. The van der Waals surface area contributed by atoms with Gasteiger partial charge in [-0.05, 0) is 6.92 Å². The van der Waals surface area contributed by atoms with Crippen molar-refractivity contribution < 1.29 is 19.3 Å². The summed E-state index contributed by atoms with van der Waals surface area (Å²) in [4.78, 5) is 20.9. The van der Waals surface area contributed by atoms with Crippen LogP contribution in [0.1, 0.15) is 21.9 Å². The van der Waals surface area contributed by atoms with Gasteiger partial charge in [0.05, 0.1) is 23.4 Å². The Morgan fingerprint density at radius 2 is 2.33 bits per heavy atom. The fourth-order valence-corrected chi connectivity index (χ4v) is 1.56. The molecule has 2 rings (SSSR count). The highest BCUT2D eigenvalue weighted by atomic mass is 16.6. The molecule has 0 aliphatic heterocycles. The van der Waals surface area contributed by atoms with E-state index in [1.165, 1.54) is 4.57 Å². The van der Waals surface area contributed by atoms with Crippen molar-refractivity contribution in [1.82, 2.24) is 9.72 Å². The molecule has 0 bridgehead atoms. The first-order chi connectivity index (χ1) is 8.47. The van der Waals surface area contributed by atoms with Crippen molar-refractivity contribution in [2.24, 2.45) is 0 Å². The molecule has 2 aromatic rings. The Morgan fingerprint density at radius 1 is 1.61 bits per heavy atom. The smallest absolute Gasteiger partial charge is 0.352 e. The maximum absolute atomic E-state index is 11.0. The van der Waals surface area contributed by atoms with E-state index in [0.717, 1.165) is 12.3 Å². The number of aryl methyl sites for hydroxylation is 1. The Kier molecular flexibility index (Phi) is 2.84. The standard InChI is InChI=1S/C10H9N3O5/c1-6-2-8(18-11-6)5-12-4-7(13(16)17)3-9(12)10(14)15/h2-4H,5H2,1H3,(H,14,15). The summed E-state index contributed by atoms with van der Waals surface area (Å²) in [6.07, 6.45) is 1.15. The number of carbonyl (C=O) groups is 1. The normalized spacial score (nSPS) is 10.5. The molecule has 2 heterocycles. The Morgan fingerprint density at radius 3 is 2.83 bits per heavy atom. The van der Waals surface area contributed by atoms with Gasteiger partial charge in [0.15, 0.2) is 5.76 Å². The highest BCUT2D eigenvalue weighted by Gasteiger charge is 2.19. The van der Waals surface area contributed by atoms with Crippen LogP contribution in [-0.2, 0) is 6.54 Å². The van der Waals surface area contributed by atoms with E-state index in [0.29, 0.717) is 11.5 Å². The molecule has 0 aromatic carbocycles. The molecule has 8 heteroatoms. The largest absolute Gasteiger partial charge is 0.477 e. The molecule has 0 saturated heterocycles. The van der Waals surface area contributed by atoms with Gasteiger partial charge in [-0.1, -0.05) is 5.16 Å². The molecule has 2 aromatic heterocycles. The number of aromatic nitrogens is 2. The lowest BCUT2D eigenvalue weighted by Gasteiger charge is -2.01. The van der Waals surface area contributed by atoms with Crippen molar-refractivity contribution in [1.29, 1.82) is 0 Å². The summed E-state index contributed by atoms with van der Waals surface area (Å²) < 4.78 is 6.18. The minimum Gasteiger partial charge on any atom is -0.477 e. The number of nitro groups is 1. The van der Waals surface area contributed by atoms with Gasteiger partial charge in [-0.2, -0.15) is 0 Å². The van der Waals surface area contributed by atoms with Crippen molar-refractivity contribution >= 4 is 11.7 Å². The summed E-state index contributed by atoms with van der Waals surface area (Å²) in [5.41, 5.74) is 0.211. The van der Waals surface area contributed by atoms with Crippen LogP contribution in [0.5, 0.6) is 0 Å². The third-order valence-corrected chi connectivity index (χ3v) is 2.32. The maximum atomic E-state index is 11.0. The quantitative estimate of drug-likeness (QED) is 0.650. The highest BCUT2D eigenvalue weighted by molar-refractivity contribution is 5.86. The van der Waals surface area contributed by atoms with E-state index in [1.54, 1.807) is 13.0 Å². The fraction of sp³-hybridized carbons (Fsp3) is 0.200. The maximum Gasteiger partial charge on any atom is 0.352 e. The Bertz CT molecular complexity index is 613. The fourth-order valence-electron chi connectivity index (χ4n) is 1.56. The summed E-state index contributed by atoms with van der Waals surface area (Å²) >= 11 is 0. The lowest BCUT2D eigenvalue weighted by atomic mass is 10.3. The molecular weight excluding hydrogens is 242 g/mol. The zero-order valence-corrected chi connectivity index (χ0v) is 9.36. The van der Waals surface area contributed by atoms with Crippen LogP contribution in [0.4, 0.5) is 5.69 Å². The zero-order valence-electron chi connectivity index (χ0n) is 9.36. The van der Waals surface area contributed by atoms with Gasteiger partial charge < -0.3 is 14.2 Å². The highest BCUT2D eigenvalue weighted by Crippen LogP contribution is 2.18. The van der Waals surface area contributed by atoms with Gasteiger partial charge in [0.2, 0.25) is 0 Å². The Hall–Kier alpha value is -2.64.